The summed E-state index contributed by atoms with van der Waals surface area (Å²) in [4.78, 5) is 36.0. The number of carbonyl (C=O) groups excluding carboxylic acids is 2. The molecule has 2 amide bonds. The number of aromatic amines is 1. The van der Waals surface area contributed by atoms with E-state index in [-0.39, 0.29) is 24.3 Å². The highest BCUT2D eigenvalue weighted by molar-refractivity contribution is 5.98. The molecule has 1 fully saturated rings. The van der Waals surface area contributed by atoms with Crippen molar-refractivity contribution in [2.75, 3.05) is 19.7 Å². The van der Waals surface area contributed by atoms with E-state index in [1.165, 1.54) is 5.06 Å². The van der Waals surface area contributed by atoms with Crippen LogP contribution in [0.25, 0.3) is 10.9 Å². The topological polar surface area (TPSA) is 83.5 Å². The van der Waals surface area contributed by atoms with Crippen LogP contribution in [-0.2, 0) is 16.2 Å². The van der Waals surface area contributed by atoms with E-state index in [1.54, 1.807) is 11.1 Å². The minimum Gasteiger partial charge on any atom is -0.351 e. The molecule has 4 heterocycles. The number of benzene rings is 1. The number of hydrogen-bond donors (Lipinski definition) is 1. The van der Waals surface area contributed by atoms with Crippen LogP contribution in [0.2, 0.25) is 0 Å². The molecular weight excluding hydrogens is 358 g/mol. The van der Waals surface area contributed by atoms with E-state index >= 15 is 0 Å². The summed E-state index contributed by atoms with van der Waals surface area (Å²) in [5.74, 6) is -0.137. The maximum absolute atomic E-state index is 13.1. The Labute approximate surface area is 161 Å². The normalized spacial score (nSPS) is 19.2. The number of hydrogen-bond acceptors (Lipinski definition) is 4. The van der Waals surface area contributed by atoms with Crippen LogP contribution in [0.4, 0.5) is 0 Å². The predicted octanol–water partition coefficient (Wildman–Crippen LogP) is 2.12. The van der Waals surface area contributed by atoms with Crippen LogP contribution in [0, 0.1) is 0 Å². The van der Waals surface area contributed by atoms with Crippen molar-refractivity contribution < 1.29 is 14.4 Å². The Morgan fingerprint density at radius 3 is 2.96 bits per heavy atom. The summed E-state index contributed by atoms with van der Waals surface area (Å²) in [6.07, 6.45) is 2.83. The van der Waals surface area contributed by atoms with Gasteiger partial charge in [0.25, 0.3) is 5.91 Å². The van der Waals surface area contributed by atoms with E-state index in [0.29, 0.717) is 31.9 Å². The second kappa shape index (κ2) is 6.79. The van der Waals surface area contributed by atoms with E-state index in [4.69, 9.17) is 4.84 Å². The lowest BCUT2D eigenvalue weighted by Crippen LogP contribution is -2.43. The molecule has 28 heavy (non-hydrogen) atoms. The Morgan fingerprint density at radius 1 is 1.25 bits per heavy atom. The smallest absolute Gasteiger partial charge is 0.270 e. The highest BCUT2D eigenvalue weighted by Crippen LogP contribution is 2.26. The van der Waals surface area contributed by atoms with Crippen LogP contribution in [0.3, 0.4) is 0 Å². The van der Waals surface area contributed by atoms with Gasteiger partial charge in [-0.3, -0.25) is 19.1 Å². The van der Waals surface area contributed by atoms with E-state index in [9.17, 15) is 9.59 Å². The van der Waals surface area contributed by atoms with E-state index in [2.05, 4.69) is 10.1 Å². The molecule has 1 atom stereocenters. The van der Waals surface area contributed by atoms with E-state index in [0.717, 1.165) is 23.0 Å². The van der Waals surface area contributed by atoms with Crippen LogP contribution in [-0.4, -0.2) is 56.2 Å². The second-order valence-electron chi connectivity index (χ2n) is 7.26. The fraction of sp³-hybridized carbons (Fsp3) is 0.350. The highest BCUT2D eigenvalue weighted by atomic mass is 16.7. The summed E-state index contributed by atoms with van der Waals surface area (Å²) in [6.45, 7) is 2.10. The quantitative estimate of drug-likeness (QED) is 0.756. The number of fused-ring (bicyclic) bond motifs is 2. The van der Waals surface area contributed by atoms with E-state index < -0.39 is 0 Å². The molecule has 0 spiro atoms. The molecule has 1 N–H and O–H groups in total. The maximum Gasteiger partial charge on any atom is 0.270 e. The molecular formula is C20H21N5O3. The Morgan fingerprint density at radius 2 is 2.14 bits per heavy atom. The molecule has 5 rings (SSSR count). The molecule has 2 aliphatic heterocycles. The molecule has 8 heteroatoms. The summed E-state index contributed by atoms with van der Waals surface area (Å²) in [7, 11) is 0. The average molecular weight is 379 g/mol. The number of carbonyl (C=O) groups is 2. The first-order chi connectivity index (χ1) is 13.7. The van der Waals surface area contributed by atoms with Gasteiger partial charge in [-0.25, -0.2) is 5.06 Å². The Bertz CT molecular complexity index is 1000. The van der Waals surface area contributed by atoms with Crippen molar-refractivity contribution in [3.63, 3.8) is 0 Å². The van der Waals surface area contributed by atoms with Crippen LogP contribution in [0.15, 0.2) is 42.6 Å². The molecule has 1 aromatic carbocycles. The third-order valence-corrected chi connectivity index (χ3v) is 5.37. The number of amides is 2. The Balaban J connectivity index is 1.38. The third-order valence-electron chi connectivity index (χ3n) is 5.37. The lowest BCUT2D eigenvalue weighted by Gasteiger charge is -2.34. The zero-order valence-electron chi connectivity index (χ0n) is 15.4. The molecule has 0 aliphatic carbocycles. The molecule has 2 aromatic heterocycles. The Kier molecular flexibility index (Phi) is 4.12. The van der Waals surface area contributed by atoms with Gasteiger partial charge in [-0.15, -0.1) is 0 Å². The number of H-pyrrole nitrogens is 1. The standard InChI is InChI=1S/C20H21N5O3/c26-19(24-8-3-9-28-24)11-16-13-23(12-15-6-7-21-25(15)16)20(27)18-10-14-4-1-2-5-17(14)22-18/h1-2,4-7,10,16,22H,3,8-9,11-13H2/t16-/m0/s1. The summed E-state index contributed by atoms with van der Waals surface area (Å²) in [5, 5.41) is 6.82. The first-order valence-electron chi connectivity index (χ1n) is 9.52. The molecule has 0 radical (unpaired) electrons. The second-order valence-corrected chi connectivity index (χ2v) is 7.26. The lowest BCUT2D eigenvalue weighted by atomic mass is 10.1. The van der Waals surface area contributed by atoms with Gasteiger partial charge >= 0.3 is 0 Å². The van der Waals surface area contributed by atoms with Crippen LogP contribution >= 0.6 is 0 Å². The number of hydroxylamine groups is 2. The van der Waals surface area contributed by atoms with Gasteiger partial charge in [0.2, 0.25) is 5.91 Å². The zero-order chi connectivity index (χ0) is 19.1. The molecule has 0 unspecified atom stereocenters. The molecule has 0 saturated carbocycles. The van der Waals surface area contributed by atoms with Gasteiger partial charge in [-0.05, 0) is 24.6 Å². The molecule has 3 aromatic rings. The predicted molar refractivity (Wildman–Crippen MR) is 101 cm³/mol. The highest BCUT2D eigenvalue weighted by Gasteiger charge is 2.32. The fourth-order valence-electron chi connectivity index (χ4n) is 4.00. The van der Waals surface area contributed by atoms with Crippen LogP contribution < -0.4 is 0 Å². The van der Waals surface area contributed by atoms with Crippen LogP contribution in [0.5, 0.6) is 0 Å². The van der Waals surface area contributed by atoms with Gasteiger partial charge in [-0.2, -0.15) is 5.10 Å². The van der Waals surface area contributed by atoms with Gasteiger partial charge in [-0.1, -0.05) is 18.2 Å². The SMILES string of the molecule is O=C(c1cc2ccccc2[nH]1)N1Cc2ccnn2[C@@H](CC(=O)N2CCCO2)C1. The lowest BCUT2D eigenvalue weighted by molar-refractivity contribution is -0.169. The van der Waals surface area contributed by atoms with Gasteiger partial charge in [0.15, 0.2) is 0 Å². The molecule has 2 aliphatic rings. The van der Waals surface area contributed by atoms with Gasteiger partial charge < -0.3 is 9.88 Å². The van der Waals surface area contributed by atoms with Gasteiger partial charge in [0.1, 0.15) is 5.69 Å². The molecule has 1 saturated heterocycles. The van der Waals surface area contributed by atoms with E-state index in [1.807, 2.05) is 41.1 Å². The van der Waals surface area contributed by atoms with Gasteiger partial charge in [0.05, 0.1) is 37.9 Å². The molecule has 0 bridgehead atoms. The molecule has 8 nitrogen and oxygen atoms in total. The summed E-state index contributed by atoms with van der Waals surface area (Å²) >= 11 is 0. The minimum absolute atomic E-state index is 0.0659. The number of nitrogens with zero attached hydrogens (tertiary/aromatic N) is 4. The van der Waals surface area contributed by atoms with Crippen molar-refractivity contribution in [1.29, 1.82) is 0 Å². The van der Waals surface area contributed by atoms with Crippen molar-refractivity contribution in [3.05, 3.63) is 54.0 Å². The van der Waals surface area contributed by atoms with Crippen molar-refractivity contribution >= 4 is 22.7 Å². The van der Waals surface area contributed by atoms with Gasteiger partial charge in [0, 0.05) is 23.6 Å². The first-order valence-corrected chi connectivity index (χ1v) is 9.52. The fourth-order valence-corrected chi connectivity index (χ4v) is 4.00. The molecule has 144 valence electrons. The minimum atomic E-state index is -0.205. The summed E-state index contributed by atoms with van der Waals surface area (Å²) in [5.41, 5.74) is 2.42. The van der Waals surface area contributed by atoms with Crippen molar-refractivity contribution in [2.24, 2.45) is 0 Å². The van der Waals surface area contributed by atoms with Crippen molar-refractivity contribution in [3.8, 4) is 0 Å². The summed E-state index contributed by atoms with van der Waals surface area (Å²) < 4.78 is 1.86. The average Bonchev–Trinajstić information content (AvgIpc) is 3.46. The monoisotopic (exact) mass is 379 g/mol. The summed E-state index contributed by atoms with van der Waals surface area (Å²) in [6, 6.07) is 11.4. The third kappa shape index (κ3) is 2.95. The maximum atomic E-state index is 13.1. The number of aromatic nitrogens is 3. The largest absolute Gasteiger partial charge is 0.351 e. The van der Waals surface area contributed by atoms with Crippen LogP contribution in [0.1, 0.15) is 35.1 Å². The zero-order valence-corrected chi connectivity index (χ0v) is 15.4. The van der Waals surface area contributed by atoms with Crippen molar-refractivity contribution in [1.82, 2.24) is 24.7 Å². The number of nitrogens with one attached hydrogen (secondary N) is 1. The first kappa shape index (κ1) is 17.0. The Hall–Kier alpha value is -3.13. The number of rotatable bonds is 3. The van der Waals surface area contributed by atoms with Crippen molar-refractivity contribution in [2.45, 2.75) is 25.4 Å². The number of para-hydroxylation sites is 1.